The van der Waals surface area contributed by atoms with Gasteiger partial charge in [0.05, 0.1) is 6.10 Å². The van der Waals surface area contributed by atoms with Crippen molar-refractivity contribution in [2.75, 3.05) is 6.54 Å². The average Bonchev–Trinajstić information content (AvgIpc) is 2.99. The molecule has 0 bridgehead atoms. The standard InChI is InChI=1S/C16H23NO2/c1-2-17-13-10-9-12-11(13)5-3-7-15(12)19-16-8-4-6-14(16)18/h3,5,7,13-14,16-18H,2,4,6,8-10H2,1H3. The summed E-state index contributed by atoms with van der Waals surface area (Å²) in [5.74, 6) is 0.990. The van der Waals surface area contributed by atoms with Crippen LogP contribution in [0.5, 0.6) is 5.75 Å². The maximum atomic E-state index is 9.90. The Morgan fingerprint density at radius 1 is 1.32 bits per heavy atom. The van der Waals surface area contributed by atoms with Crippen molar-refractivity contribution in [3.05, 3.63) is 29.3 Å². The molecule has 0 spiro atoms. The van der Waals surface area contributed by atoms with E-state index in [-0.39, 0.29) is 12.2 Å². The van der Waals surface area contributed by atoms with Crippen molar-refractivity contribution in [1.82, 2.24) is 5.32 Å². The molecule has 1 aromatic carbocycles. The first-order valence-electron chi connectivity index (χ1n) is 7.49. The Kier molecular flexibility index (Phi) is 3.76. The van der Waals surface area contributed by atoms with Crippen LogP contribution in [0, 0.1) is 0 Å². The molecule has 3 unspecified atom stereocenters. The van der Waals surface area contributed by atoms with E-state index in [1.807, 2.05) is 0 Å². The van der Waals surface area contributed by atoms with Gasteiger partial charge in [-0.15, -0.1) is 0 Å². The maximum absolute atomic E-state index is 9.90. The van der Waals surface area contributed by atoms with E-state index in [1.54, 1.807) is 0 Å². The quantitative estimate of drug-likeness (QED) is 0.875. The molecular formula is C16H23NO2. The third-order valence-corrected chi connectivity index (χ3v) is 4.37. The van der Waals surface area contributed by atoms with E-state index in [0.29, 0.717) is 6.04 Å². The van der Waals surface area contributed by atoms with Crippen LogP contribution >= 0.6 is 0 Å². The fourth-order valence-corrected chi connectivity index (χ4v) is 3.40. The Morgan fingerprint density at radius 3 is 2.95 bits per heavy atom. The SMILES string of the molecule is CCNC1CCc2c(OC3CCCC3O)cccc21. The van der Waals surface area contributed by atoms with Crippen LogP contribution in [0.25, 0.3) is 0 Å². The Bertz CT molecular complexity index is 446. The summed E-state index contributed by atoms with van der Waals surface area (Å²) in [6.07, 6.45) is 4.84. The number of hydrogen-bond donors (Lipinski definition) is 2. The van der Waals surface area contributed by atoms with Gasteiger partial charge >= 0.3 is 0 Å². The Hall–Kier alpha value is -1.06. The molecule has 3 nitrogen and oxygen atoms in total. The number of hydrogen-bond acceptors (Lipinski definition) is 3. The summed E-state index contributed by atoms with van der Waals surface area (Å²) in [6.45, 7) is 3.14. The zero-order valence-corrected chi connectivity index (χ0v) is 11.6. The summed E-state index contributed by atoms with van der Waals surface area (Å²) in [5, 5.41) is 13.4. The first-order valence-corrected chi connectivity index (χ1v) is 7.49. The molecule has 3 rings (SSSR count). The number of ether oxygens (including phenoxy) is 1. The van der Waals surface area contributed by atoms with E-state index in [4.69, 9.17) is 4.74 Å². The summed E-state index contributed by atoms with van der Waals surface area (Å²) in [6, 6.07) is 6.80. The molecule has 0 amide bonds. The predicted molar refractivity (Wildman–Crippen MR) is 75.5 cm³/mol. The number of aliphatic hydroxyl groups is 1. The molecule has 0 saturated heterocycles. The van der Waals surface area contributed by atoms with Gasteiger partial charge in [0.1, 0.15) is 11.9 Å². The Balaban J connectivity index is 1.80. The summed E-state index contributed by atoms with van der Waals surface area (Å²) >= 11 is 0. The molecule has 2 N–H and O–H groups in total. The molecule has 3 heteroatoms. The molecule has 0 aliphatic heterocycles. The zero-order valence-electron chi connectivity index (χ0n) is 11.6. The topological polar surface area (TPSA) is 41.5 Å². The lowest BCUT2D eigenvalue weighted by atomic mass is 10.1. The van der Waals surface area contributed by atoms with Gasteiger partial charge in [-0.1, -0.05) is 19.1 Å². The highest BCUT2D eigenvalue weighted by Gasteiger charge is 2.30. The second-order valence-corrected chi connectivity index (χ2v) is 5.63. The van der Waals surface area contributed by atoms with Crippen molar-refractivity contribution in [2.45, 2.75) is 57.3 Å². The lowest BCUT2D eigenvalue weighted by Gasteiger charge is -2.20. The Labute approximate surface area is 115 Å². The molecule has 1 saturated carbocycles. The second kappa shape index (κ2) is 5.51. The van der Waals surface area contributed by atoms with Crippen LogP contribution in [0.3, 0.4) is 0 Å². The van der Waals surface area contributed by atoms with Gasteiger partial charge in [0.15, 0.2) is 0 Å². The first-order chi connectivity index (χ1) is 9.29. The van der Waals surface area contributed by atoms with E-state index < -0.39 is 0 Å². The third-order valence-electron chi connectivity index (χ3n) is 4.37. The molecule has 1 fully saturated rings. The fraction of sp³-hybridized carbons (Fsp3) is 0.625. The summed E-state index contributed by atoms with van der Waals surface area (Å²) in [4.78, 5) is 0. The highest BCUT2D eigenvalue weighted by atomic mass is 16.5. The van der Waals surface area contributed by atoms with Crippen LogP contribution in [-0.2, 0) is 6.42 Å². The zero-order chi connectivity index (χ0) is 13.2. The van der Waals surface area contributed by atoms with Crippen molar-refractivity contribution in [2.24, 2.45) is 0 Å². The molecule has 0 radical (unpaired) electrons. The summed E-state index contributed by atoms with van der Waals surface area (Å²) < 4.78 is 6.08. The highest BCUT2D eigenvalue weighted by molar-refractivity contribution is 5.45. The fourth-order valence-electron chi connectivity index (χ4n) is 3.40. The van der Waals surface area contributed by atoms with Crippen molar-refractivity contribution in [1.29, 1.82) is 0 Å². The summed E-state index contributed by atoms with van der Waals surface area (Å²) in [5.41, 5.74) is 2.72. The van der Waals surface area contributed by atoms with Crippen molar-refractivity contribution in [3.8, 4) is 5.75 Å². The van der Waals surface area contributed by atoms with Crippen LogP contribution in [0.1, 0.15) is 49.8 Å². The lowest BCUT2D eigenvalue weighted by molar-refractivity contribution is 0.0598. The van der Waals surface area contributed by atoms with Gasteiger partial charge in [0, 0.05) is 6.04 Å². The minimum absolute atomic E-state index is 0.00955. The molecule has 2 aliphatic carbocycles. The van der Waals surface area contributed by atoms with Crippen molar-refractivity contribution >= 4 is 0 Å². The maximum Gasteiger partial charge on any atom is 0.124 e. The van der Waals surface area contributed by atoms with Crippen molar-refractivity contribution < 1.29 is 9.84 Å². The number of rotatable bonds is 4. The van der Waals surface area contributed by atoms with Crippen molar-refractivity contribution in [3.63, 3.8) is 0 Å². The van der Waals surface area contributed by atoms with E-state index in [9.17, 15) is 5.11 Å². The second-order valence-electron chi connectivity index (χ2n) is 5.63. The highest BCUT2D eigenvalue weighted by Crippen LogP contribution is 2.38. The van der Waals surface area contributed by atoms with Crippen LogP contribution in [-0.4, -0.2) is 23.9 Å². The van der Waals surface area contributed by atoms with E-state index >= 15 is 0 Å². The Morgan fingerprint density at radius 2 is 2.21 bits per heavy atom. The van der Waals surface area contributed by atoms with E-state index in [2.05, 4.69) is 30.4 Å². The molecule has 0 heterocycles. The lowest BCUT2D eigenvalue weighted by Crippen LogP contribution is -2.26. The number of aliphatic hydroxyl groups excluding tert-OH is 1. The molecule has 104 valence electrons. The van der Waals surface area contributed by atoms with Crippen LogP contribution in [0.4, 0.5) is 0 Å². The largest absolute Gasteiger partial charge is 0.487 e. The van der Waals surface area contributed by atoms with Gasteiger partial charge in [-0.3, -0.25) is 0 Å². The van der Waals surface area contributed by atoms with Gasteiger partial charge < -0.3 is 15.2 Å². The van der Waals surface area contributed by atoms with Crippen LogP contribution < -0.4 is 10.1 Å². The van der Waals surface area contributed by atoms with Crippen LogP contribution in [0.15, 0.2) is 18.2 Å². The molecule has 0 aromatic heterocycles. The number of nitrogens with one attached hydrogen (secondary N) is 1. The third kappa shape index (κ3) is 2.49. The first kappa shape index (κ1) is 12.9. The van der Waals surface area contributed by atoms with Gasteiger partial charge in [-0.2, -0.15) is 0 Å². The normalized spacial score (nSPS) is 29.5. The molecule has 3 atom stereocenters. The average molecular weight is 261 g/mol. The molecule has 2 aliphatic rings. The van der Waals surface area contributed by atoms with Gasteiger partial charge in [0.25, 0.3) is 0 Å². The monoisotopic (exact) mass is 261 g/mol. The predicted octanol–water partition coefficient (Wildman–Crippen LogP) is 2.58. The van der Waals surface area contributed by atoms with Crippen LogP contribution in [0.2, 0.25) is 0 Å². The van der Waals surface area contributed by atoms with Gasteiger partial charge in [0.2, 0.25) is 0 Å². The van der Waals surface area contributed by atoms with E-state index in [0.717, 1.165) is 44.4 Å². The summed E-state index contributed by atoms with van der Waals surface area (Å²) in [7, 11) is 0. The molecule has 19 heavy (non-hydrogen) atoms. The minimum atomic E-state index is -0.290. The minimum Gasteiger partial charge on any atom is -0.487 e. The smallest absolute Gasteiger partial charge is 0.124 e. The van der Waals surface area contributed by atoms with E-state index in [1.165, 1.54) is 11.1 Å². The number of fused-ring (bicyclic) bond motifs is 1. The number of benzene rings is 1. The van der Waals surface area contributed by atoms with Gasteiger partial charge in [-0.05, 0) is 55.8 Å². The van der Waals surface area contributed by atoms with Gasteiger partial charge in [-0.25, -0.2) is 0 Å². The molecule has 1 aromatic rings. The molecular weight excluding hydrogens is 238 g/mol.